The molecule has 0 radical (unpaired) electrons. The molecule has 0 aromatic heterocycles. The summed E-state index contributed by atoms with van der Waals surface area (Å²) in [5, 5.41) is 19.9. The molecule has 6 rings (SSSR count). The lowest BCUT2D eigenvalue weighted by Gasteiger charge is -2.08. The first-order valence-electron chi connectivity index (χ1n) is 17.0. The average molecular weight is 853 g/mol. The van der Waals surface area contributed by atoms with Crippen LogP contribution in [0.1, 0.15) is 22.3 Å². The van der Waals surface area contributed by atoms with Gasteiger partial charge in [0.15, 0.2) is 0 Å². The smallest absolute Gasteiger partial charge is 0.295 e. The monoisotopic (exact) mass is 852 g/mol. The SMILES string of the molecule is Cc1cc(NC(=O)/C=C/c2ccccc2)ccc1N=Nc1ccc(/C=C/c2ccc(N=Nc3ccc(N)c4cc(S(=O)(=O)O)ccc34)cc2S(=O)(=O)O)c(S(=O)(=O)O)c1. The molecule has 300 valence electrons. The van der Waals surface area contributed by atoms with Gasteiger partial charge in [-0.2, -0.15) is 40.6 Å². The highest BCUT2D eigenvalue weighted by atomic mass is 32.2. The number of nitrogens with two attached hydrogens (primary N) is 1. The molecule has 19 heteroatoms. The summed E-state index contributed by atoms with van der Waals surface area (Å²) < 4.78 is 102. The minimum Gasteiger partial charge on any atom is -0.398 e. The fourth-order valence-corrected chi connectivity index (χ4v) is 7.56. The number of nitrogens with zero attached hydrogens (tertiary/aromatic N) is 4. The van der Waals surface area contributed by atoms with E-state index in [4.69, 9.17) is 5.73 Å². The van der Waals surface area contributed by atoms with Crippen LogP contribution in [0.4, 0.5) is 34.1 Å². The molecule has 0 aliphatic carbocycles. The number of benzene rings is 6. The third kappa shape index (κ3) is 10.6. The molecule has 59 heavy (non-hydrogen) atoms. The van der Waals surface area contributed by atoms with Crippen molar-refractivity contribution in [3.63, 3.8) is 0 Å². The number of hydrogen-bond acceptors (Lipinski definition) is 12. The number of anilines is 2. The summed E-state index contributed by atoms with van der Waals surface area (Å²) in [5.74, 6) is -0.337. The zero-order chi connectivity index (χ0) is 42.5. The van der Waals surface area contributed by atoms with Gasteiger partial charge in [-0.1, -0.05) is 60.7 Å². The van der Waals surface area contributed by atoms with Gasteiger partial charge in [-0.05, 0) is 102 Å². The molecule has 0 bridgehead atoms. The second-order valence-corrected chi connectivity index (χ2v) is 16.9. The lowest BCUT2D eigenvalue weighted by Crippen LogP contribution is -2.07. The van der Waals surface area contributed by atoms with Crippen LogP contribution in [0.3, 0.4) is 0 Å². The number of fused-ring (bicyclic) bond motifs is 1. The van der Waals surface area contributed by atoms with Gasteiger partial charge in [0.2, 0.25) is 5.91 Å². The number of aryl methyl sites for hydroxylation is 1. The first-order valence-corrected chi connectivity index (χ1v) is 21.4. The van der Waals surface area contributed by atoms with E-state index in [2.05, 4.69) is 25.8 Å². The van der Waals surface area contributed by atoms with Crippen molar-refractivity contribution in [3.05, 3.63) is 144 Å². The van der Waals surface area contributed by atoms with E-state index in [9.17, 15) is 43.7 Å². The number of carbonyl (C=O) groups is 1. The number of nitrogen functional groups attached to an aromatic ring is 1. The number of carbonyl (C=O) groups excluding carboxylic acids is 1. The van der Waals surface area contributed by atoms with Gasteiger partial charge in [0.1, 0.15) is 9.79 Å². The molecule has 0 atom stereocenters. The maximum Gasteiger partial charge on any atom is 0.295 e. The standard InChI is InChI=1S/C40H32N6O10S3/c1-25-21-29(42-40(47)20-7-26-5-3-2-4-6-26)14-18-36(25)45-43-30-12-10-27(38(22-30)58(51,52)53)8-9-28-11-13-31(23-39(28)59(54,55)56)44-46-37-19-17-35(41)34-24-32(57(48,49)50)15-16-33(34)37/h2-24H,41H2,1H3,(H,42,47)(H,48,49,50)(H,51,52,53)(H,54,55,56)/b9-8+,20-7+,45-43?,46-44?. The topological polar surface area (TPSA) is 268 Å². The first kappa shape index (κ1) is 41.9. The second-order valence-electron chi connectivity index (χ2n) is 12.7. The van der Waals surface area contributed by atoms with Crippen LogP contribution in [0, 0.1) is 6.92 Å². The Bertz CT molecular complexity index is 3100. The van der Waals surface area contributed by atoms with E-state index in [1.807, 2.05) is 30.3 Å². The second kappa shape index (κ2) is 17.0. The van der Waals surface area contributed by atoms with E-state index in [1.165, 1.54) is 66.8 Å². The number of amides is 1. The van der Waals surface area contributed by atoms with Gasteiger partial charge in [-0.15, -0.1) is 5.11 Å². The Kier molecular flexibility index (Phi) is 12.1. The molecule has 0 saturated heterocycles. The lowest BCUT2D eigenvalue weighted by molar-refractivity contribution is -0.111. The highest BCUT2D eigenvalue weighted by Gasteiger charge is 2.18. The lowest BCUT2D eigenvalue weighted by atomic mass is 10.1. The summed E-state index contributed by atoms with van der Waals surface area (Å²) in [6, 6.07) is 28.3. The van der Waals surface area contributed by atoms with E-state index < -0.39 is 40.1 Å². The molecule has 1 amide bonds. The Hall–Kier alpha value is -6.74. The van der Waals surface area contributed by atoms with E-state index >= 15 is 0 Å². The molecule has 0 fully saturated rings. The maximum absolute atomic E-state index is 12.4. The predicted molar refractivity (Wildman–Crippen MR) is 223 cm³/mol. The number of azo groups is 2. The molecule has 6 aromatic carbocycles. The summed E-state index contributed by atoms with van der Waals surface area (Å²) in [5.41, 5.74) is 8.75. The Morgan fingerprint density at radius 1 is 0.593 bits per heavy atom. The van der Waals surface area contributed by atoms with Gasteiger partial charge < -0.3 is 11.1 Å². The fraction of sp³-hybridized carbons (Fsp3) is 0.0250. The Balaban J connectivity index is 1.22. The normalized spacial score (nSPS) is 12.7. The van der Waals surface area contributed by atoms with Crippen LogP contribution < -0.4 is 11.1 Å². The van der Waals surface area contributed by atoms with Crippen LogP contribution >= 0.6 is 0 Å². The van der Waals surface area contributed by atoms with Crippen molar-refractivity contribution in [2.45, 2.75) is 21.6 Å². The zero-order valence-corrected chi connectivity index (χ0v) is 33.0. The summed E-state index contributed by atoms with van der Waals surface area (Å²) in [6.07, 6.45) is 5.50. The molecular weight excluding hydrogens is 821 g/mol. The number of hydrogen-bond donors (Lipinski definition) is 5. The molecule has 0 heterocycles. The van der Waals surface area contributed by atoms with Gasteiger partial charge in [0, 0.05) is 28.2 Å². The van der Waals surface area contributed by atoms with E-state index in [-0.39, 0.29) is 50.1 Å². The Morgan fingerprint density at radius 2 is 1.17 bits per heavy atom. The summed E-state index contributed by atoms with van der Waals surface area (Å²) in [4.78, 5) is 10.8. The van der Waals surface area contributed by atoms with Crippen LogP contribution in [-0.4, -0.2) is 44.8 Å². The quantitative estimate of drug-likeness (QED) is 0.0255. The molecule has 0 spiro atoms. The van der Waals surface area contributed by atoms with Gasteiger partial charge in [-0.25, -0.2) is 0 Å². The number of rotatable bonds is 12. The van der Waals surface area contributed by atoms with Crippen LogP contribution in [0.25, 0.3) is 29.0 Å². The largest absolute Gasteiger partial charge is 0.398 e. The third-order valence-electron chi connectivity index (χ3n) is 8.53. The van der Waals surface area contributed by atoms with Crippen molar-refractivity contribution in [2.75, 3.05) is 11.1 Å². The minimum absolute atomic E-state index is 0.0201. The van der Waals surface area contributed by atoms with Crippen molar-refractivity contribution >= 4 is 99.4 Å². The van der Waals surface area contributed by atoms with Crippen molar-refractivity contribution < 1.29 is 43.7 Å². The van der Waals surface area contributed by atoms with E-state index in [1.54, 1.807) is 31.2 Å². The van der Waals surface area contributed by atoms with Crippen molar-refractivity contribution in [1.82, 2.24) is 0 Å². The summed E-state index contributed by atoms with van der Waals surface area (Å²) >= 11 is 0. The Morgan fingerprint density at radius 3 is 1.73 bits per heavy atom. The fourth-order valence-electron chi connectivity index (χ4n) is 5.64. The average Bonchev–Trinajstić information content (AvgIpc) is 3.18. The minimum atomic E-state index is -4.88. The maximum atomic E-state index is 12.4. The van der Waals surface area contributed by atoms with Crippen LogP contribution in [0.15, 0.2) is 156 Å². The molecule has 6 N–H and O–H groups in total. The van der Waals surface area contributed by atoms with E-state index in [0.29, 0.717) is 22.3 Å². The molecule has 0 unspecified atom stereocenters. The van der Waals surface area contributed by atoms with Crippen LogP contribution in [0.2, 0.25) is 0 Å². The van der Waals surface area contributed by atoms with Crippen molar-refractivity contribution in [2.24, 2.45) is 20.5 Å². The molecular formula is C40H32N6O10S3. The zero-order valence-electron chi connectivity index (χ0n) is 30.6. The highest BCUT2D eigenvalue weighted by Crippen LogP contribution is 2.34. The highest BCUT2D eigenvalue weighted by molar-refractivity contribution is 7.86. The molecule has 16 nitrogen and oxygen atoms in total. The van der Waals surface area contributed by atoms with Crippen LogP contribution in [0.5, 0.6) is 0 Å². The van der Waals surface area contributed by atoms with E-state index in [0.717, 1.165) is 23.8 Å². The molecule has 0 saturated carbocycles. The third-order valence-corrected chi connectivity index (χ3v) is 11.2. The Labute approximate surface area is 338 Å². The van der Waals surface area contributed by atoms with Gasteiger partial charge in [-0.3, -0.25) is 18.5 Å². The van der Waals surface area contributed by atoms with Gasteiger partial charge in [0.05, 0.1) is 27.6 Å². The van der Waals surface area contributed by atoms with Crippen molar-refractivity contribution in [1.29, 1.82) is 0 Å². The van der Waals surface area contributed by atoms with Gasteiger partial charge >= 0.3 is 0 Å². The summed E-state index contributed by atoms with van der Waals surface area (Å²) in [6.45, 7) is 1.74. The van der Waals surface area contributed by atoms with Crippen LogP contribution in [-0.2, 0) is 35.1 Å². The first-order chi connectivity index (χ1) is 27.8. The summed E-state index contributed by atoms with van der Waals surface area (Å²) in [7, 11) is -14.2. The predicted octanol–water partition coefficient (Wildman–Crippen LogP) is 9.12. The van der Waals surface area contributed by atoms with Gasteiger partial charge in [0.25, 0.3) is 30.4 Å². The molecule has 6 aromatic rings. The number of nitrogens with one attached hydrogen (secondary N) is 1. The van der Waals surface area contributed by atoms with Crippen molar-refractivity contribution in [3.8, 4) is 0 Å². The molecule has 0 aliphatic rings. The molecule has 0 aliphatic heterocycles.